The number of esters is 1. The van der Waals surface area contributed by atoms with Gasteiger partial charge in [0.2, 0.25) is 0 Å². The number of amides is 1. The van der Waals surface area contributed by atoms with E-state index in [-0.39, 0.29) is 25.2 Å². The Morgan fingerprint density at radius 1 is 1.09 bits per heavy atom. The Morgan fingerprint density at radius 2 is 1.83 bits per heavy atom. The lowest BCUT2D eigenvalue weighted by Gasteiger charge is -2.07. The summed E-state index contributed by atoms with van der Waals surface area (Å²) >= 11 is 0. The molecule has 0 aliphatic rings. The first kappa shape index (κ1) is 18.8. The van der Waals surface area contributed by atoms with Crippen LogP contribution in [0.4, 0.5) is 0 Å². The lowest BCUT2D eigenvalue weighted by Crippen LogP contribution is -2.31. The standard InChI is InChI=1S/C17H23NO5/c1-12-4-5-14(10-13(12)2)15(19)6-7-17(21)23-11-16(20)18-8-9-22-3/h4-5,10H,6-9,11H2,1-3H3,(H,18,20). The van der Waals surface area contributed by atoms with Gasteiger partial charge in [-0.05, 0) is 31.0 Å². The maximum absolute atomic E-state index is 12.0. The molecule has 23 heavy (non-hydrogen) atoms. The highest BCUT2D eigenvalue weighted by atomic mass is 16.5. The van der Waals surface area contributed by atoms with Gasteiger partial charge in [-0.1, -0.05) is 12.1 Å². The van der Waals surface area contributed by atoms with Crippen LogP contribution >= 0.6 is 0 Å². The van der Waals surface area contributed by atoms with Crippen molar-refractivity contribution in [2.24, 2.45) is 0 Å². The fourth-order valence-corrected chi connectivity index (χ4v) is 1.84. The predicted molar refractivity (Wildman–Crippen MR) is 85.3 cm³/mol. The van der Waals surface area contributed by atoms with Gasteiger partial charge in [-0.2, -0.15) is 0 Å². The Labute approximate surface area is 136 Å². The van der Waals surface area contributed by atoms with E-state index in [0.29, 0.717) is 18.7 Å². The molecule has 1 N–H and O–H groups in total. The smallest absolute Gasteiger partial charge is 0.306 e. The molecule has 126 valence electrons. The molecule has 0 aliphatic heterocycles. The molecule has 0 radical (unpaired) electrons. The first-order valence-corrected chi connectivity index (χ1v) is 7.45. The van der Waals surface area contributed by atoms with Crippen LogP contribution in [0.5, 0.6) is 0 Å². The Morgan fingerprint density at radius 3 is 2.48 bits per heavy atom. The molecule has 0 aromatic heterocycles. The van der Waals surface area contributed by atoms with Gasteiger partial charge in [-0.3, -0.25) is 14.4 Å². The number of methoxy groups -OCH3 is 1. The van der Waals surface area contributed by atoms with E-state index in [9.17, 15) is 14.4 Å². The molecule has 1 amide bonds. The van der Waals surface area contributed by atoms with Crippen molar-refractivity contribution in [1.82, 2.24) is 5.32 Å². The number of nitrogens with one attached hydrogen (secondary N) is 1. The monoisotopic (exact) mass is 321 g/mol. The van der Waals surface area contributed by atoms with E-state index in [2.05, 4.69) is 5.32 Å². The highest BCUT2D eigenvalue weighted by Crippen LogP contribution is 2.12. The van der Waals surface area contributed by atoms with Crippen LogP contribution in [0.15, 0.2) is 18.2 Å². The Kier molecular flexibility index (Phi) is 7.97. The normalized spacial score (nSPS) is 10.2. The van der Waals surface area contributed by atoms with Gasteiger partial charge in [0, 0.05) is 25.6 Å². The molecule has 0 saturated heterocycles. The Balaban J connectivity index is 2.31. The van der Waals surface area contributed by atoms with E-state index >= 15 is 0 Å². The lowest BCUT2D eigenvalue weighted by atomic mass is 10.0. The van der Waals surface area contributed by atoms with Crippen molar-refractivity contribution < 1.29 is 23.9 Å². The van der Waals surface area contributed by atoms with Gasteiger partial charge in [-0.15, -0.1) is 0 Å². The number of ketones is 1. The van der Waals surface area contributed by atoms with Gasteiger partial charge in [0.15, 0.2) is 12.4 Å². The number of hydrogen-bond donors (Lipinski definition) is 1. The zero-order valence-electron chi connectivity index (χ0n) is 13.8. The van der Waals surface area contributed by atoms with Crippen molar-refractivity contribution in [1.29, 1.82) is 0 Å². The molecule has 0 spiro atoms. The minimum Gasteiger partial charge on any atom is -0.456 e. The van der Waals surface area contributed by atoms with Gasteiger partial charge < -0.3 is 14.8 Å². The third-order valence-electron chi connectivity index (χ3n) is 3.38. The van der Waals surface area contributed by atoms with Crippen LogP contribution < -0.4 is 5.32 Å². The molecule has 0 aliphatic carbocycles. The molecule has 6 heteroatoms. The number of carbonyl (C=O) groups excluding carboxylic acids is 3. The summed E-state index contributed by atoms with van der Waals surface area (Å²) in [5.41, 5.74) is 2.73. The minimum absolute atomic E-state index is 0.0445. The molecule has 1 rings (SSSR count). The van der Waals surface area contributed by atoms with Gasteiger partial charge in [-0.25, -0.2) is 0 Å². The van der Waals surface area contributed by atoms with Crippen molar-refractivity contribution in [3.8, 4) is 0 Å². The minimum atomic E-state index is -0.566. The van der Waals surface area contributed by atoms with Crippen LogP contribution in [0.25, 0.3) is 0 Å². The molecule has 6 nitrogen and oxygen atoms in total. The van der Waals surface area contributed by atoms with Gasteiger partial charge in [0.1, 0.15) is 0 Å². The van der Waals surface area contributed by atoms with E-state index < -0.39 is 11.9 Å². The third kappa shape index (κ3) is 7.06. The van der Waals surface area contributed by atoms with E-state index in [4.69, 9.17) is 9.47 Å². The largest absolute Gasteiger partial charge is 0.456 e. The van der Waals surface area contributed by atoms with Gasteiger partial charge in [0.05, 0.1) is 13.0 Å². The molecular formula is C17H23NO5. The summed E-state index contributed by atoms with van der Waals surface area (Å²) < 4.78 is 9.60. The summed E-state index contributed by atoms with van der Waals surface area (Å²) in [4.78, 5) is 34.9. The molecule has 0 bridgehead atoms. The molecule has 0 unspecified atom stereocenters. The van der Waals surface area contributed by atoms with Crippen LogP contribution in [-0.2, 0) is 19.1 Å². The summed E-state index contributed by atoms with van der Waals surface area (Å²) in [5, 5.41) is 2.53. The summed E-state index contributed by atoms with van der Waals surface area (Å²) in [6, 6.07) is 5.44. The summed E-state index contributed by atoms with van der Waals surface area (Å²) in [5.74, 6) is -1.07. The first-order valence-electron chi connectivity index (χ1n) is 7.45. The number of Topliss-reactive ketones (excluding diaryl/α,β-unsaturated/α-hetero) is 1. The first-order chi connectivity index (χ1) is 10.9. The fraction of sp³-hybridized carbons (Fsp3) is 0.471. The molecule has 0 fully saturated rings. The van der Waals surface area contributed by atoms with Crippen molar-refractivity contribution in [2.45, 2.75) is 26.7 Å². The van der Waals surface area contributed by atoms with Crippen LogP contribution in [0.2, 0.25) is 0 Å². The quantitative estimate of drug-likeness (QED) is 0.424. The van der Waals surface area contributed by atoms with Gasteiger partial charge in [0.25, 0.3) is 5.91 Å². The molecule has 1 aromatic rings. The zero-order valence-corrected chi connectivity index (χ0v) is 13.8. The lowest BCUT2D eigenvalue weighted by molar-refractivity contribution is -0.148. The van der Waals surface area contributed by atoms with Gasteiger partial charge >= 0.3 is 5.97 Å². The average molecular weight is 321 g/mol. The van der Waals surface area contributed by atoms with Crippen LogP contribution in [0.1, 0.15) is 34.3 Å². The van der Waals surface area contributed by atoms with Crippen LogP contribution in [0.3, 0.4) is 0 Å². The predicted octanol–water partition coefficient (Wildman–Crippen LogP) is 1.57. The van der Waals surface area contributed by atoms with Crippen LogP contribution in [0, 0.1) is 13.8 Å². The van der Waals surface area contributed by atoms with E-state index in [1.807, 2.05) is 26.0 Å². The highest BCUT2D eigenvalue weighted by Gasteiger charge is 2.12. The molecule has 0 heterocycles. The molecular weight excluding hydrogens is 298 g/mol. The van der Waals surface area contributed by atoms with E-state index in [1.165, 1.54) is 7.11 Å². The third-order valence-corrected chi connectivity index (χ3v) is 3.38. The summed E-state index contributed by atoms with van der Waals surface area (Å²) in [6.07, 6.45) is 0.0176. The number of benzene rings is 1. The average Bonchev–Trinajstić information content (AvgIpc) is 2.53. The molecule has 0 atom stereocenters. The fourth-order valence-electron chi connectivity index (χ4n) is 1.84. The second-order valence-electron chi connectivity index (χ2n) is 5.23. The maximum atomic E-state index is 12.0. The topological polar surface area (TPSA) is 81.7 Å². The van der Waals surface area contributed by atoms with E-state index in [1.54, 1.807) is 6.07 Å². The number of hydrogen-bond acceptors (Lipinski definition) is 5. The second-order valence-corrected chi connectivity index (χ2v) is 5.23. The van der Waals surface area contributed by atoms with Crippen LogP contribution in [-0.4, -0.2) is 44.5 Å². The number of rotatable bonds is 9. The number of ether oxygens (including phenoxy) is 2. The number of carbonyl (C=O) groups is 3. The Hall–Kier alpha value is -2.21. The summed E-state index contributed by atoms with van der Waals surface area (Å²) in [7, 11) is 1.53. The second kappa shape index (κ2) is 9.74. The van der Waals surface area contributed by atoms with E-state index in [0.717, 1.165) is 11.1 Å². The zero-order chi connectivity index (χ0) is 17.2. The number of aryl methyl sites for hydroxylation is 2. The highest BCUT2D eigenvalue weighted by molar-refractivity contribution is 5.97. The summed E-state index contributed by atoms with van der Waals surface area (Å²) in [6.45, 7) is 4.31. The van der Waals surface area contributed by atoms with Crippen molar-refractivity contribution in [3.05, 3.63) is 34.9 Å². The molecule has 0 saturated carbocycles. The van der Waals surface area contributed by atoms with Crippen molar-refractivity contribution >= 4 is 17.7 Å². The maximum Gasteiger partial charge on any atom is 0.306 e. The van der Waals surface area contributed by atoms with Crippen molar-refractivity contribution in [3.63, 3.8) is 0 Å². The SMILES string of the molecule is COCCNC(=O)COC(=O)CCC(=O)c1ccc(C)c(C)c1. The van der Waals surface area contributed by atoms with Crippen molar-refractivity contribution in [2.75, 3.05) is 26.9 Å². The molecule has 1 aromatic carbocycles. The Bertz CT molecular complexity index is 568.